The number of aliphatic hydroxyl groups is 1. The lowest BCUT2D eigenvalue weighted by Crippen LogP contribution is -2.34. The molecule has 1 amide bonds. The number of aliphatic hydroxyl groups excluding tert-OH is 1. The van der Waals surface area contributed by atoms with Crippen LogP contribution in [0.25, 0.3) is 0 Å². The van der Waals surface area contributed by atoms with Gasteiger partial charge in [-0.3, -0.25) is 4.79 Å². The van der Waals surface area contributed by atoms with E-state index in [4.69, 9.17) is 9.47 Å². The highest BCUT2D eigenvalue weighted by Crippen LogP contribution is 2.26. The van der Waals surface area contributed by atoms with Gasteiger partial charge in [-0.1, -0.05) is 12.1 Å². The summed E-state index contributed by atoms with van der Waals surface area (Å²) in [5.74, 6) is 0.676. The summed E-state index contributed by atoms with van der Waals surface area (Å²) in [6.45, 7) is 0.304. The summed E-state index contributed by atoms with van der Waals surface area (Å²) in [5.41, 5.74) is 1.39. The summed E-state index contributed by atoms with van der Waals surface area (Å²) >= 11 is 0. The molecule has 2 rings (SSSR count). The zero-order valence-corrected chi connectivity index (χ0v) is 14.4. The zero-order chi connectivity index (χ0) is 18.2. The smallest absolute Gasteiger partial charge is 0.227 e. The van der Waals surface area contributed by atoms with Gasteiger partial charge >= 0.3 is 0 Å². The van der Waals surface area contributed by atoms with Crippen LogP contribution in [0.4, 0.5) is 4.39 Å². The Bertz CT molecular complexity index is 720. The van der Waals surface area contributed by atoms with E-state index in [9.17, 15) is 14.3 Å². The van der Waals surface area contributed by atoms with Gasteiger partial charge in [-0.05, 0) is 29.8 Å². The lowest BCUT2D eigenvalue weighted by molar-refractivity contribution is -0.131. The van der Waals surface area contributed by atoms with Crippen LogP contribution in [0.3, 0.4) is 0 Å². The fourth-order valence-electron chi connectivity index (χ4n) is 2.53. The van der Waals surface area contributed by atoms with Gasteiger partial charge in [0.2, 0.25) is 5.91 Å². The number of methoxy groups -OCH3 is 2. The number of hydrogen-bond donors (Lipinski definition) is 1. The first kappa shape index (κ1) is 18.7. The molecule has 0 heterocycles. The van der Waals surface area contributed by atoms with Crippen molar-refractivity contribution in [3.63, 3.8) is 0 Å². The maximum atomic E-state index is 13.3. The van der Waals surface area contributed by atoms with Crippen molar-refractivity contribution in [1.82, 2.24) is 4.90 Å². The predicted molar refractivity (Wildman–Crippen MR) is 92.2 cm³/mol. The molecule has 0 saturated heterocycles. The van der Waals surface area contributed by atoms with Crippen LogP contribution in [0.5, 0.6) is 11.5 Å². The second-order valence-electron chi connectivity index (χ2n) is 5.52. The number of benzene rings is 2. The van der Waals surface area contributed by atoms with E-state index in [1.165, 1.54) is 17.0 Å². The van der Waals surface area contributed by atoms with E-state index in [1.807, 2.05) is 6.07 Å². The van der Waals surface area contributed by atoms with Crippen LogP contribution in [-0.2, 0) is 17.8 Å². The molecule has 0 bridgehead atoms. The van der Waals surface area contributed by atoms with Crippen LogP contribution in [0.2, 0.25) is 0 Å². The van der Waals surface area contributed by atoms with Crippen LogP contribution in [-0.4, -0.2) is 43.3 Å². The van der Waals surface area contributed by atoms with Crippen molar-refractivity contribution in [2.24, 2.45) is 0 Å². The Balaban J connectivity index is 2.16. The molecular weight excluding hydrogens is 325 g/mol. The van der Waals surface area contributed by atoms with Gasteiger partial charge in [0, 0.05) is 24.7 Å². The van der Waals surface area contributed by atoms with Crippen molar-refractivity contribution in [1.29, 1.82) is 0 Å². The highest BCUT2D eigenvalue weighted by molar-refractivity contribution is 5.78. The van der Waals surface area contributed by atoms with Crippen molar-refractivity contribution >= 4 is 5.91 Å². The summed E-state index contributed by atoms with van der Waals surface area (Å²) in [6, 6.07) is 11.3. The molecule has 0 aliphatic rings. The van der Waals surface area contributed by atoms with Gasteiger partial charge in [-0.15, -0.1) is 0 Å². The number of carbonyl (C=O) groups is 1. The minimum absolute atomic E-state index is 0.0657. The molecule has 134 valence electrons. The second kappa shape index (κ2) is 9.03. The molecule has 0 spiro atoms. The van der Waals surface area contributed by atoms with Crippen molar-refractivity contribution in [3.8, 4) is 11.5 Å². The second-order valence-corrected chi connectivity index (χ2v) is 5.52. The van der Waals surface area contributed by atoms with E-state index in [0.29, 0.717) is 17.1 Å². The third-order valence-electron chi connectivity index (χ3n) is 3.82. The van der Waals surface area contributed by atoms with Crippen LogP contribution in [0, 0.1) is 5.82 Å². The van der Waals surface area contributed by atoms with E-state index in [0.717, 1.165) is 5.56 Å². The topological polar surface area (TPSA) is 59.0 Å². The number of amides is 1. The molecule has 0 saturated carbocycles. The maximum Gasteiger partial charge on any atom is 0.227 e. The van der Waals surface area contributed by atoms with Gasteiger partial charge in [0.25, 0.3) is 0 Å². The Hall–Kier alpha value is -2.60. The first-order chi connectivity index (χ1) is 12.1. The standard InChI is InChI=1S/C19H22FNO4/c1-24-17-7-6-15(18(12-17)25-2)13-21(8-9-22)19(23)11-14-4-3-5-16(20)10-14/h3-7,10,12,22H,8-9,11,13H2,1-2H3. The Morgan fingerprint density at radius 3 is 2.60 bits per heavy atom. The molecule has 2 aromatic carbocycles. The SMILES string of the molecule is COc1ccc(CN(CCO)C(=O)Cc2cccc(F)c2)c(OC)c1. The van der Waals surface area contributed by atoms with Crippen molar-refractivity contribution in [3.05, 3.63) is 59.4 Å². The van der Waals surface area contributed by atoms with Crippen LogP contribution >= 0.6 is 0 Å². The van der Waals surface area contributed by atoms with E-state index in [-0.39, 0.29) is 37.8 Å². The Morgan fingerprint density at radius 2 is 1.96 bits per heavy atom. The Labute approximate surface area is 146 Å². The van der Waals surface area contributed by atoms with Crippen LogP contribution < -0.4 is 9.47 Å². The normalized spacial score (nSPS) is 10.4. The molecule has 1 N–H and O–H groups in total. The van der Waals surface area contributed by atoms with Crippen LogP contribution in [0.15, 0.2) is 42.5 Å². The molecule has 0 aliphatic carbocycles. The van der Waals surface area contributed by atoms with E-state index >= 15 is 0 Å². The number of ether oxygens (including phenoxy) is 2. The molecule has 0 fully saturated rings. The van der Waals surface area contributed by atoms with E-state index in [1.54, 1.807) is 38.5 Å². The highest BCUT2D eigenvalue weighted by atomic mass is 19.1. The minimum atomic E-state index is -0.379. The summed E-state index contributed by atoms with van der Waals surface area (Å²) < 4.78 is 23.8. The Kier molecular flexibility index (Phi) is 6.77. The van der Waals surface area contributed by atoms with Gasteiger partial charge in [0.05, 0.1) is 27.2 Å². The number of nitrogens with zero attached hydrogens (tertiary/aromatic N) is 1. The average Bonchev–Trinajstić information content (AvgIpc) is 2.61. The molecule has 2 aromatic rings. The summed E-state index contributed by atoms with van der Waals surface area (Å²) in [4.78, 5) is 14.1. The number of carbonyl (C=O) groups excluding carboxylic acids is 1. The number of rotatable bonds is 8. The molecule has 0 radical (unpaired) electrons. The quantitative estimate of drug-likeness (QED) is 0.797. The van der Waals surface area contributed by atoms with E-state index < -0.39 is 0 Å². The fourth-order valence-corrected chi connectivity index (χ4v) is 2.53. The van der Waals surface area contributed by atoms with Gasteiger partial charge in [-0.25, -0.2) is 4.39 Å². The third kappa shape index (κ3) is 5.19. The van der Waals surface area contributed by atoms with Crippen LogP contribution in [0.1, 0.15) is 11.1 Å². The zero-order valence-electron chi connectivity index (χ0n) is 14.4. The van der Waals surface area contributed by atoms with Crippen molar-refractivity contribution in [2.45, 2.75) is 13.0 Å². The molecular formula is C19H22FNO4. The van der Waals surface area contributed by atoms with Crippen molar-refractivity contribution < 1.29 is 23.8 Å². The molecule has 5 nitrogen and oxygen atoms in total. The lowest BCUT2D eigenvalue weighted by Gasteiger charge is -2.23. The van der Waals surface area contributed by atoms with E-state index in [2.05, 4.69) is 0 Å². The summed E-state index contributed by atoms with van der Waals surface area (Å²) in [5, 5.41) is 9.28. The van der Waals surface area contributed by atoms with Gasteiger partial charge in [0.15, 0.2) is 0 Å². The Morgan fingerprint density at radius 1 is 1.16 bits per heavy atom. The first-order valence-corrected chi connectivity index (χ1v) is 7.91. The van der Waals surface area contributed by atoms with Gasteiger partial charge < -0.3 is 19.5 Å². The monoisotopic (exact) mass is 347 g/mol. The third-order valence-corrected chi connectivity index (χ3v) is 3.82. The largest absolute Gasteiger partial charge is 0.497 e. The molecule has 0 unspecified atom stereocenters. The maximum absolute atomic E-state index is 13.3. The first-order valence-electron chi connectivity index (χ1n) is 7.91. The fraction of sp³-hybridized carbons (Fsp3) is 0.316. The van der Waals surface area contributed by atoms with Gasteiger partial charge in [-0.2, -0.15) is 0 Å². The highest BCUT2D eigenvalue weighted by Gasteiger charge is 2.17. The number of halogens is 1. The number of hydrogen-bond acceptors (Lipinski definition) is 4. The lowest BCUT2D eigenvalue weighted by atomic mass is 10.1. The average molecular weight is 347 g/mol. The molecule has 6 heteroatoms. The predicted octanol–water partition coefficient (Wildman–Crippen LogP) is 2.41. The molecule has 0 aromatic heterocycles. The van der Waals surface area contributed by atoms with Crippen molar-refractivity contribution in [2.75, 3.05) is 27.4 Å². The van der Waals surface area contributed by atoms with Gasteiger partial charge in [0.1, 0.15) is 17.3 Å². The minimum Gasteiger partial charge on any atom is -0.497 e. The molecule has 0 atom stereocenters. The molecule has 25 heavy (non-hydrogen) atoms. The summed E-state index contributed by atoms with van der Waals surface area (Å²) in [7, 11) is 3.11. The molecule has 0 aliphatic heterocycles. The summed E-state index contributed by atoms with van der Waals surface area (Å²) in [6.07, 6.45) is 0.0657.